The molecule has 17 heavy (non-hydrogen) atoms. The highest BCUT2D eigenvalue weighted by atomic mass is 16.5. The summed E-state index contributed by atoms with van der Waals surface area (Å²) in [6.45, 7) is 12.6. The highest BCUT2D eigenvalue weighted by molar-refractivity contribution is 5.65. The van der Waals surface area contributed by atoms with Crippen molar-refractivity contribution in [3.05, 3.63) is 23.8 Å². The fourth-order valence-electron chi connectivity index (χ4n) is 2.86. The first-order chi connectivity index (χ1) is 7.88. The second kappa shape index (κ2) is 5.52. The second-order valence-corrected chi connectivity index (χ2v) is 5.37. The van der Waals surface area contributed by atoms with Crippen molar-refractivity contribution in [3.8, 4) is 0 Å². The Balaban J connectivity index is 2.78. The van der Waals surface area contributed by atoms with E-state index in [1.165, 1.54) is 18.1 Å². The van der Waals surface area contributed by atoms with Gasteiger partial charge in [-0.3, -0.25) is 4.79 Å². The fraction of sp³-hybridized carbons (Fsp3) is 0.667. The Morgan fingerprint density at radius 3 is 2.76 bits per heavy atom. The summed E-state index contributed by atoms with van der Waals surface area (Å²) < 4.78 is 5.09. The lowest BCUT2D eigenvalue weighted by atomic mass is 9.63. The topological polar surface area (TPSA) is 26.3 Å². The van der Waals surface area contributed by atoms with Crippen molar-refractivity contribution in [2.24, 2.45) is 11.3 Å². The Morgan fingerprint density at radius 2 is 2.24 bits per heavy atom. The third-order valence-electron chi connectivity index (χ3n) is 4.10. The smallest absolute Gasteiger partial charge is 0.302 e. The van der Waals surface area contributed by atoms with Crippen LogP contribution in [0, 0.1) is 11.3 Å². The molecule has 0 aliphatic heterocycles. The standard InChI is InChI=1S/C15H24O2/c1-11(2)14-8-6-7-12(3)15(14,5)9-10-17-13(4)16/h7,14H,1,6,8-10H2,2-5H3/t14-,15+/m1/s1. The summed E-state index contributed by atoms with van der Waals surface area (Å²) in [7, 11) is 0. The Kier molecular flexibility index (Phi) is 4.55. The second-order valence-electron chi connectivity index (χ2n) is 5.37. The average Bonchev–Trinajstić information content (AvgIpc) is 2.21. The molecule has 0 aromatic carbocycles. The van der Waals surface area contributed by atoms with Gasteiger partial charge in [0.15, 0.2) is 0 Å². The Labute approximate surface area is 105 Å². The molecule has 2 nitrogen and oxygen atoms in total. The summed E-state index contributed by atoms with van der Waals surface area (Å²) in [5.74, 6) is 0.306. The van der Waals surface area contributed by atoms with Gasteiger partial charge in [-0.15, -0.1) is 0 Å². The van der Waals surface area contributed by atoms with Crippen LogP contribution in [-0.4, -0.2) is 12.6 Å². The van der Waals surface area contributed by atoms with E-state index in [4.69, 9.17) is 4.74 Å². The molecule has 0 aromatic rings. The molecule has 1 rings (SSSR count). The highest BCUT2D eigenvalue weighted by Gasteiger charge is 2.37. The molecule has 0 spiro atoms. The van der Waals surface area contributed by atoms with Crippen LogP contribution in [0.5, 0.6) is 0 Å². The number of rotatable bonds is 4. The summed E-state index contributed by atoms with van der Waals surface area (Å²) >= 11 is 0. The van der Waals surface area contributed by atoms with Crippen LogP contribution in [0.2, 0.25) is 0 Å². The van der Waals surface area contributed by atoms with Crippen LogP contribution < -0.4 is 0 Å². The Bertz CT molecular complexity index is 341. The maximum absolute atomic E-state index is 10.8. The quantitative estimate of drug-likeness (QED) is 0.547. The zero-order valence-electron chi connectivity index (χ0n) is 11.5. The number of hydrogen-bond acceptors (Lipinski definition) is 2. The Morgan fingerprint density at radius 1 is 1.59 bits per heavy atom. The van der Waals surface area contributed by atoms with Crippen LogP contribution >= 0.6 is 0 Å². The molecule has 0 radical (unpaired) electrons. The van der Waals surface area contributed by atoms with Crippen molar-refractivity contribution in [2.45, 2.75) is 47.0 Å². The predicted octanol–water partition coefficient (Wildman–Crippen LogP) is 3.88. The molecule has 0 saturated heterocycles. The highest BCUT2D eigenvalue weighted by Crippen LogP contribution is 2.47. The van der Waals surface area contributed by atoms with E-state index in [0.29, 0.717) is 12.5 Å². The van der Waals surface area contributed by atoms with Gasteiger partial charge in [-0.2, -0.15) is 0 Å². The van der Waals surface area contributed by atoms with Gasteiger partial charge in [0.2, 0.25) is 0 Å². The zero-order chi connectivity index (χ0) is 13.1. The van der Waals surface area contributed by atoms with E-state index in [-0.39, 0.29) is 11.4 Å². The lowest BCUT2D eigenvalue weighted by Crippen LogP contribution is -2.33. The molecule has 0 saturated carbocycles. The summed E-state index contributed by atoms with van der Waals surface area (Å²) in [6.07, 6.45) is 5.48. The minimum Gasteiger partial charge on any atom is -0.466 e. The van der Waals surface area contributed by atoms with Crippen molar-refractivity contribution in [1.29, 1.82) is 0 Å². The van der Waals surface area contributed by atoms with Crippen LogP contribution in [0.3, 0.4) is 0 Å². The van der Waals surface area contributed by atoms with E-state index < -0.39 is 0 Å². The van der Waals surface area contributed by atoms with Crippen LogP contribution in [0.1, 0.15) is 47.0 Å². The van der Waals surface area contributed by atoms with Gasteiger partial charge in [0, 0.05) is 6.92 Å². The number of esters is 1. The first-order valence-electron chi connectivity index (χ1n) is 6.34. The van der Waals surface area contributed by atoms with Crippen LogP contribution in [0.15, 0.2) is 23.8 Å². The monoisotopic (exact) mass is 236 g/mol. The van der Waals surface area contributed by atoms with E-state index in [0.717, 1.165) is 19.3 Å². The van der Waals surface area contributed by atoms with Gasteiger partial charge in [-0.1, -0.05) is 30.7 Å². The largest absolute Gasteiger partial charge is 0.466 e. The SMILES string of the molecule is C=C(C)[C@H]1CCC=C(C)[C@]1(C)CCOC(C)=O. The number of carbonyl (C=O) groups excluding carboxylic acids is 1. The zero-order valence-corrected chi connectivity index (χ0v) is 11.5. The van der Waals surface area contributed by atoms with Crippen LogP contribution in [0.25, 0.3) is 0 Å². The minimum absolute atomic E-state index is 0.0968. The molecule has 0 heterocycles. The molecule has 1 aliphatic rings. The van der Waals surface area contributed by atoms with Gasteiger partial charge in [0.25, 0.3) is 0 Å². The maximum atomic E-state index is 10.8. The number of hydrogen-bond donors (Lipinski definition) is 0. The normalized spacial score (nSPS) is 28.5. The molecular formula is C15H24O2. The lowest BCUT2D eigenvalue weighted by molar-refractivity contribution is -0.141. The molecule has 0 bridgehead atoms. The molecule has 2 atom stereocenters. The Hall–Kier alpha value is -1.05. The van der Waals surface area contributed by atoms with E-state index in [1.807, 2.05) is 0 Å². The maximum Gasteiger partial charge on any atom is 0.302 e. The van der Waals surface area contributed by atoms with Crippen molar-refractivity contribution >= 4 is 5.97 Å². The van der Waals surface area contributed by atoms with E-state index in [2.05, 4.69) is 33.4 Å². The van der Waals surface area contributed by atoms with Crippen molar-refractivity contribution in [1.82, 2.24) is 0 Å². The molecular weight excluding hydrogens is 212 g/mol. The lowest BCUT2D eigenvalue weighted by Gasteiger charge is -2.42. The van der Waals surface area contributed by atoms with Gasteiger partial charge < -0.3 is 4.74 Å². The first kappa shape index (κ1) is 14.0. The number of allylic oxidation sites excluding steroid dienone is 3. The van der Waals surface area contributed by atoms with Gasteiger partial charge >= 0.3 is 5.97 Å². The van der Waals surface area contributed by atoms with E-state index in [9.17, 15) is 4.79 Å². The first-order valence-corrected chi connectivity index (χ1v) is 6.34. The van der Waals surface area contributed by atoms with Gasteiger partial charge in [0.1, 0.15) is 0 Å². The molecule has 2 heteroatoms. The number of carbonyl (C=O) groups is 1. The van der Waals surface area contributed by atoms with Crippen LogP contribution in [0.4, 0.5) is 0 Å². The molecule has 0 aromatic heterocycles. The summed E-state index contributed by atoms with van der Waals surface area (Å²) in [4.78, 5) is 10.8. The molecule has 0 fully saturated rings. The van der Waals surface area contributed by atoms with Gasteiger partial charge in [-0.05, 0) is 44.4 Å². The molecule has 0 unspecified atom stereocenters. The molecule has 0 amide bonds. The minimum atomic E-state index is -0.196. The average molecular weight is 236 g/mol. The van der Waals surface area contributed by atoms with Crippen LogP contribution in [-0.2, 0) is 9.53 Å². The molecule has 1 aliphatic carbocycles. The summed E-state index contributed by atoms with van der Waals surface area (Å²) in [5, 5.41) is 0. The van der Waals surface area contributed by atoms with E-state index in [1.54, 1.807) is 0 Å². The fourth-order valence-corrected chi connectivity index (χ4v) is 2.86. The van der Waals surface area contributed by atoms with Gasteiger partial charge in [0.05, 0.1) is 6.61 Å². The van der Waals surface area contributed by atoms with E-state index >= 15 is 0 Å². The molecule has 0 N–H and O–H groups in total. The van der Waals surface area contributed by atoms with Gasteiger partial charge in [-0.25, -0.2) is 0 Å². The van der Waals surface area contributed by atoms with Crippen molar-refractivity contribution < 1.29 is 9.53 Å². The third-order valence-corrected chi connectivity index (χ3v) is 4.10. The summed E-state index contributed by atoms with van der Waals surface area (Å²) in [5.41, 5.74) is 2.74. The predicted molar refractivity (Wildman–Crippen MR) is 70.7 cm³/mol. The third kappa shape index (κ3) is 3.21. The summed E-state index contributed by atoms with van der Waals surface area (Å²) in [6, 6.07) is 0. The number of ether oxygens (including phenoxy) is 1. The van der Waals surface area contributed by atoms with Crippen molar-refractivity contribution in [2.75, 3.05) is 6.61 Å². The molecule has 96 valence electrons. The van der Waals surface area contributed by atoms with Crippen molar-refractivity contribution in [3.63, 3.8) is 0 Å².